The number of aliphatic hydroxyl groups is 1. The molecule has 0 aliphatic carbocycles. The van der Waals surface area contributed by atoms with Gasteiger partial charge in [0.2, 0.25) is 11.5 Å². The van der Waals surface area contributed by atoms with Crippen molar-refractivity contribution in [1.29, 1.82) is 0 Å². The number of aromatic nitrogens is 1. The Morgan fingerprint density at radius 1 is 1.26 bits per heavy atom. The number of alkyl halides is 3. The van der Waals surface area contributed by atoms with Crippen molar-refractivity contribution >= 4 is 51.5 Å². The maximum Gasteiger partial charge on any atom is 0.423 e. The predicted molar refractivity (Wildman–Crippen MR) is 147 cm³/mol. The number of benzene rings is 3. The highest BCUT2D eigenvalue weighted by Crippen LogP contribution is 2.49. The van der Waals surface area contributed by atoms with Crippen LogP contribution in [-0.2, 0) is 10.4 Å². The van der Waals surface area contributed by atoms with Gasteiger partial charge in [0.05, 0.1) is 39.3 Å². The van der Waals surface area contributed by atoms with Crippen LogP contribution in [0.4, 0.5) is 33.7 Å². The number of nitrogens with one attached hydrogen (secondary N) is 2. The molecule has 1 aromatic heterocycles. The molecule has 3 N–H and O–H groups in total. The van der Waals surface area contributed by atoms with Crippen LogP contribution in [0.3, 0.4) is 0 Å². The fraction of sp³-hybridized carbons (Fsp3) is 0.172. The molecule has 3 aromatic carbocycles. The summed E-state index contributed by atoms with van der Waals surface area (Å²) in [6.45, 7) is -3.71. The summed E-state index contributed by atoms with van der Waals surface area (Å²) < 4.78 is 79.0. The second-order valence-corrected chi connectivity index (χ2v) is 9.86. The molecule has 2 unspecified atom stereocenters. The van der Waals surface area contributed by atoms with E-state index in [1.807, 2.05) is 0 Å². The van der Waals surface area contributed by atoms with E-state index >= 15 is 0 Å². The van der Waals surface area contributed by atoms with Gasteiger partial charge in [-0.3, -0.25) is 4.90 Å². The molecule has 0 bridgehead atoms. The Labute approximate surface area is 243 Å². The Morgan fingerprint density at radius 2 is 2.02 bits per heavy atom. The summed E-state index contributed by atoms with van der Waals surface area (Å²) in [5, 5.41) is 16.6. The second-order valence-electron chi connectivity index (χ2n) is 9.46. The highest BCUT2D eigenvalue weighted by atomic mass is 35.5. The van der Waals surface area contributed by atoms with Gasteiger partial charge in [0.1, 0.15) is 11.5 Å². The van der Waals surface area contributed by atoms with E-state index in [-0.39, 0.29) is 49.4 Å². The van der Waals surface area contributed by atoms with Crippen LogP contribution in [0.15, 0.2) is 60.7 Å². The van der Waals surface area contributed by atoms with Crippen molar-refractivity contribution < 1.29 is 39.7 Å². The molecule has 2 aliphatic heterocycles. The molecule has 0 spiro atoms. The number of nitrogens with zero attached hydrogens (tertiary/aromatic N) is 2. The minimum atomic E-state index is -5.51. The second kappa shape index (κ2) is 9.73. The lowest BCUT2D eigenvalue weighted by molar-refractivity contribution is -0.258. The summed E-state index contributed by atoms with van der Waals surface area (Å²) in [6.07, 6.45) is -5.51. The lowest BCUT2D eigenvalue weighted by atomic mass is 9.93. The molecular formula is C29H19ClF4N4O4. The lowest BCUT2D eigenvalue weighted by Gasteiger charge is -2.27. The number of pyridine rings is 1. The molecule has 13 heteroatoms. The number of amides is 2. The molecule has 42 heavy (non-hydrogen) atoms. The Kier molecular flexibility index (Phi) is 5.81. The van der Waals surface area contributed by atoms with Gasteiger partial charge in [0, 0.05) is 38.7 Å². The number of hydrogen-bond donors (Lipinski definition) is 3. The summed E-state index contributed by atoms with van der Waals surface area (Å²) >= 11 is 6.40. The van der Waals surface area contributed by atoms with E-state index in [2.05, 4.69) is 15.6 Å². The Morgan fingerprint density at radius 3 is 2.74 bits per heavy atom. The van der Waals surface area contributed by atoms with E-state index in [9.17, 15) is 32.3 Å². The van der Waals surface area contributed by atoms with Gasteiger partial charge in [-0.25, -0.2) is 19.0 Å². The van der Waals surface area contributed by atoms with Crippen LogP contribution in [0, 0.1) is 5.82 Å². The highest BCUT2D eigenvalue weighted by Gasteiger charge is 2.61. The van der Waals surface area contributed by atoms with Gasteiger partial charge in [-0.2, -0.15) is 13.2 Å². The number of fused-ring (bicyclic) bond motifs is 4. The quantitative estimate of drug-likeness (QED) is 0.206. The molecule has 2 amide bonds. The first-order valence-corrected chi connectivity index (χ1v) is 12.6. The number of urea groups is 1. The van der Waals surface area contributed by atoms with Crippen molar-refractivity contribution in [3.63, 3.8) is 0 Å². The van der Waals surface area contributed by atoms with Crippen LogP contribution in [0.5, 0.6) is 5.88 Å². The third-order valence-electron chi connectivity index (χ3n) is 7.08. The number of β-amino-alcohol motifs (C(OH)–C–C–N with tert-alkyl or cyclic N) is 1. The number of para-hydroxylation sites is 1. The molecule has 2 atom stereocenters. The monoisotopic (exact) mass is 600 g/mol. The molecule has 2 aliphatic rings. The number of rotatable bonds is 3. The van der Waals surface area contributed by atoms with Gasteiger partial charge in [-0.1, -0.05) is 29.8 Å². The fourth-order valence-corrected chi connectivity index (χ4v) is 5.43. The van der Waals surface area contributed by atoms with Crippen LogP contribution in [0.25, 0.3) is 16.6 Å². The third kappa shape index (κ3) is 4.14. The van der Waals surface area contributed by atoms with Gasteiger partial charge in [-0.15, -0.1) is 0 Å². The zero-order chi connectivity index (χ0) is 31.8. The zero-order valence-corrected chi connectivity index (χ0v) is 22.1. The van der Waals surface area contributed by atoms with Crippen molar-refractivity contribution in [2.45, 2.75) is 17.8 Å². The number of hydrogen-bond acceptors (Lipinski definition) is 6. The zero-order valence-electron chi connectivity index (χ0n) is 23.3. The van der Waals surface area contributed by atoms with Gasteiger partial charge >= 0.3 is 12.2 Å². The molecule has 214 valence electrons. The van der Waals surface area contributed by atoms with Gasteiger partial charge in [0.15, 0.2) is 5.94 Å². The largest absolute Gasteiger partial charge is 0.481 e. The molecular weight excluding hydrogens is 580 g/mol. The Hall–Kier alpha value is -4.64. The van der Waals surface area contributed by atoms with E-state index < -0.39 is 47.4 Å². The lowest BCUT2D eigenvalue weighted by Crippen LogP contribution is -2.48. The average molecular weight is 601 g/mol. The van der Waals surface area contributed by atoms with Crippen molar-refractivity contribution in [3.05, 3.63) is 93.8 Å². The molecule has 4 aromatic rings. The van der Waals surface area contributed by atoms with Crippen LogP contribution >= 0.6 is 11.6 Å². The smallest absolute Gasteiger partial charge is 0.423 e. The van der Waals surface area contributed by atoms with Crippen LogP contribution in [0.2, 0.25) is 5.02 Å². The van der Waals surface area contributed by atoms with Crippen molar-refractivity contribution in [1.82, 2.24) is 10.3 Å². The van der Waals surface area contributed by atoms with Crippen LogP contribution in [-0.4, -0.2) is 41.8 Å². The Bertz CT molecular complexity index is 1940. The van der Waals surface area contributed by atoms with E-state index in [0.717, 1.165) is 24.3 Å². The molecule has 6 rings (SSSR count). The van der Waals surface area contributed by atoms with Crippen LogP contribution < -0.4 is 20.3 Å². The summed E-state index contributed by atoms with van der Waals surface area (Å²) in [4.78, 5) is 30.5. The number of carbonyl (C=O) groups excluding carboxylic acids is 2. The summed E-state index contributed by atoms with van der Waals surface area (Å²) in [6, 6.07) is 9.91. The summed E-state index contributed by atoms with van der Waals surface area (Å²) in [5.41, 5.74) is -5.01. The first kappa shape index (κ1) is 25.1. The van der Waals surface area contributed by atoms with E-state index in [4.69, 9.17) is 19.1 Å². The van der Waals surface area contributed by atoms with Gasteiger partial charge in [0.25, 0.3) is 0 Å². The minimum Gasteiger partial charge on any atom is -0.481 e. The van der Waals surface area contributed by atoms with Crippen molar-refractivity contribution in [2.75, 3.05) is 23.8 Å². The van der Waals surface area contributed by atoms with Gasteiger partial charge < -0.3 is 20.5 Å². The summed E-state index contributed by atoms with van der Waals surface area (Å²) in [7, 11) is 1.36. The normalized spacial score (nSPS) is 21.2. The maximum atomic E-state index is 14.4. The fourth-order valence-electron chi connectivity index (χ4n) is 5.20. The van der Waals surface area contributed by atoms with Crippen LogP contribution in [0.1, 0.15) is 31.0 Å². The van der Waals surface area contributed by atoms with E-state index in [1.165, 1.54) is 37.4 Å². The van der Waals surface area contributed by atoms with E-state index in [0.29, 0.717) is 5.39 Å². The number of anilines is 2. The van der Waals surface area contributed by atoms with Crippen molar-refractivity contribution in [2.24, 2.45) is 0 Å². The number of carbonyl (C=O) groups is 1. The minimum absolute atomic E-state index is 0.0901. The molecule has 0 saturated carbocycles. The predicted octanol–water partition coefficient (Wildman–Crippen LogP) is 5.70. The number of halogens is 5. The third-order valence-corrected chi connectivity index (χ3v) is 7.42. The van der Waals surface area contributed by atoms with E-state index in [1.54, 1.807) is 12.0 Å². The number of ether oxygens (including phenoxy) is 1. The highest BCUT2D eigenvalue weighted by molar-refractivity contribution is 6.31. The topological polar surface area (TPSA) is 104 Å². The molecule has 0 saturated heterocycles. The van der Waals surface area contributed by atoms with Gasteiger partial charge in [-0.05, 0) is 36.4 Å². The molecule has 0 fully saturated rings. The molecule has 3 heterocycles. The first-order valence-electron chi connectivity index (χ1n) is 13.2. The standard InChI is InChI=1S/C29H19ClF4N4O4/c1-42-23-9-7-15-19(35-23)11-20(25-24(15)21(12-39)36-26(25)16-10-14(31)6-8-18(16)30)37-27(40)38-13-28(41,29(32,33)34)17-4-2-3-5-22(17)38/h2-11,26,36,41H,13H2,1H3,(H,37,40)/i13D2. The Balaban J connectivity index is 1.57. The SMILES string of the molecule is [2H]C1([2H])N(C(=O)Nc2cc3nc(OC)ccc3c3c2C(c2cc(F)ccc2Cl)NC3=C=O)c2ccccc2C1(O)C(F)(F)F. The first-order chi connectivity index (χ1) is 20.7. The summed E-state index contributed by atoms with van der Waals surface area (Å²) in [5.74, 6) is 1.27. The number of methoxy groups -OCH3 is 1. The maximum absolute atomic E-state index is 14.4. The molecule has 0 radical (unpaired) electrons. The molecule has 8 nitrogen and oxygen atoms in total. The van der Waals surface area contributed by atoms with Crippen molar-refractivity contribution in [3.8, 4) is 5.88 Å². The average Bonchev–Trinajstić information content (AvgIpc) is 3.45.